The van der Waals surface area contributed by atoms with Crippen molar-refractivity contribution in [1.29, 1.82) is 0 Å². The molecule has 14 nitrogen and oxygen atoms in total. The molecule has 0 aliphatic rings. The Morgan fingerprint density at radius 3 is 1.07 bits per heavy atom. The van der Waals surface area contributed by atoms with Crippen LogP contribution in [0.25, 0.3) is 0 Å². The molecule has 0 atom stereocenters. The predicted octanol–water partition coefficient (Wildman–Crippen LogP) is 1.77. The zero-order chi connectivity index (χ0) is 21.8. The first kappa shape index (κ1) is 25.2. The topological polar surface area (TPSA) is 219 Å². The average Bonchev–Trinajstić information content (AvgIpc) is 2.59. The normalized spacial score (nSPS) is 9.45. The number of non-ortho nitro benzene ring substituents is 2. The first-order chi connectivity index (χ1) is 12.9. The van der Waals surface area contributed by atoms with E-state index < -0.39 is 53.9 Å². The Labute approximate surface area is 171 Å². The van der Waals surface area contributed by atoms with Crippen LogP contribution >= 0.6 is 0 Å². The van der Waals surface area contributed by atoms with Crippen LogP contribution in [0.3, 0.4) is 0 Å². The maximum atomic E-state index is 11.1. The Kier molecular flexibility index (Phi) is 8.60. The molecule has 0 fully saturated rings. The van der Waals surface area contributed by atoms with Crippen molar-refractivity contribution in [2.45, 2.75) is 13.8 Å². The fourth-order valence-electron chi connectivity index (χ4n) is 1.96. The molecular formula is C14H10CuN4O10. The van der Waals surface area contributed by atoms with Gasteiger partial charge in [-0.3, -0.25) is 40.5 Å². The summed E-state index contributed by atoms with van der Waals surface area (Å²) in [4.78, 5) is 37.9. The molecule has 0 N–H and O–H groups in total. The van der Waals surface area contributed by atoms with Gasteiger partial charge in [0.1, 0.15) is 0 Å². The molecule has 2 rings (SSSR count). The zero-order valence-corrected chi connectivity index (χ0v) is 15.4. The molecule has 2 aromatic rings. The van der Waals surface area contributed by atoms with Crippen molar-refractivity contribution in [3.63, 3.8) is 0 Å². The average molecular weight is 458 g/mol. The minimum Gasteiger partial charge on any atom is -0.868 e. The van der Waals surface area contributed by atoms with Crippen LogP contribution in [-0.2, 0) is 17.1 Å². The number of nitrogens with zero attached hydrogens (tertiary/aromatic N) is 4. The van der Waals surface area contributed by atoms with E-state index in [-0.39, 0.29) is 28.2 Å². The van der Waals surface area contributed by atoms with Crippen molar-refractivity contribution in [1.82, 2.24) is 0 Å². The van der Waals surface area contributed by atoms with Gasteiger partial charge in [0, 0.05) is 12.1 Å². The van der Waals surface area contributed by atoms with Crippen molar-refractivity contribution in [3.8, 4) is 11.5 Å². The van der Waals surface area contributed by atoms with Gasteiger partial charge < -0.3 is 10.2 Å². The maximum Gasteiger partial charge on any atom is 2.00 e. The Balaban J connectivity index is 0.000000523. The third-order valence-electron chi connectivity index (χ3n) is 3.29. The number of aryl methyl sites for hydroxylation is 2. The second-order valence-corrected chi connectivity index (χ2v) is 5.25. The van der Waals surface area contributed by atoms with E-state index in [4.69, 9.17) is 0 Å². The standard InChI is InChI=1S/2C7H6N2O5.Cu/c2*1-4-2-5(8(11)12)3-6(7(4)10)9(13)14;/h2*2-3,10H,1H3;/q;;+2/p-2. The molecule has 0 bridgehead atoms. The van der Waals surface area contributed by atoms with Gasteiger partial charge in [-0.2, -0.15) is 0 Å². The minimum absolute atomic E-state index is 0. The van der Waals surface area contributed by atoms with Gasteiger partial charge in [0.2, 0.25) is 0 Å². The number of rotatable bonds is 4. The molecule has 0 unspecified atom stereocenters. The smallest absolute Gasteiger partial charge is 0.868 e. The van der Waals surface area contributed by atoms with E-state index in [0.29, 0.717) is 12.1 Å². The van der Waals surface area contributed by atoms with Crippen LogP contribution in [-0.4, -0.2) is 19.7 Å². The molecule has 1 radical (unpaired) electrons. The van der Waals surface area contributed by atoms with E-state index in [1.807, 2.05) is 0 Å². The molecule has 29 heavy (non-hydrogen) atoms. The van der Waals surface area contributed by atoms with Gasteiger partial charge in [0.25, 0.3) is 22.7 Å². The van der Waals surface area contributed by atoms with Crippen LogP contribution in [0, 0.1) is 54.3 Å². The Hall–Kier alpha value is -3.84. The first-order valence-corrected chi connectivity index (χ1v) is 7.07. The van der Waals surface area contributed by atoms with Gasteiger partial charge in [0.15, 0.2) is 0 Å². The number of nitro benzene ring substituents is 4. The zero-order valence-electron chi connectivity index (χ0n) is 14.5. The second-order valence-electron chi connectivity index (χ2n) is 5.25. The molecule has 0 saturated carbocycles. The first-order valence-electron chi connectivity index (χ1n) is 7.07. The number of nitro groups is 4. The van der Waals surface area contributed by atoms with Crippen molar-refractivity contribution < 1.29 is 47.0 Å². The fraction of sp³-hybridized carbons (Fsp3) is 0.143. The summed E-state index contributed by atoms with van der Waals surface area (Å²) < 4.78 is 0. The van der Waals surface area contributed by atoms with E-state index in [0.717, 1.165) is 12.1 Å². The molecular weight excluding hydrogens is 448 g/mol. The number of hydrogen-bond acceptors (Lipinski definition) is 10. The SMILES string of the molecule is Cc1cc([N+](=O)[O-])cc([N+](=O)[O-])c1[O-].Cc1cc([N+](=O)[O-])cc([N+](=O)[O-])c1[O-].[Cu+2]. The van der Waals surface area contributed by atoms with Crippen molar-refractivity contribution >= 4 is 22.7 Å². The molecule has 0 aromatic heterocycles. The van der Waals surface area contributed by atoms with Crippen LogP contribution in [0.2, 0.25) is 0 Å². The van der Waals surface area contributed by atoms with Gasteiger partial charge in [-0.25, -0.2) is 0 Å². The molecule has 15 heteroatoms. The van der Waals surface area contributed by atoms with E-state index in [2.05, 4.69) is 0 Å². The summed E-state index contributed by atoms with van der Waals surface area (Å²) in [5.41, 5.74) is -2.45. The summed E-state index contributed by atoms with van der Waals surface area (Å²) in [6.45, 7) is 2.59. The molecule has 157 valence electrons. The van der Waals surface area contributed by atoms with E-state index in [9.17, 15) is 50.7 Å². The van der Waals surface area contributed by atoms with E-state index in [1.165, 1.54) is 13.8 Å². The monoisotopic (exact) mass is 457 g/mol. The van der Waals surface area contributed by atoms with E-state index >= 15 is 0 Å². The van der Waals surface area contributed by atoms with E-state index in [1.54, 1.807) is 0 Å². The van der Waals surface area contributed by atoms with Gasteiger partial charge >= 0.3 is 17.1 Å². The summed E-state index contributed by atoms with van der Waals surface area (Å²) in [6, 6.07) is 3.34. The molecule has 2 aromatic carbocycles. The van der Waals surface area contributed by atoms with Crippen molar-refractivity contribution in [3.05, 3.63) is 75.8 Å². The molecule has 0 aliphatic carbocycles. The van der Waals surface area contributed by atoms with Gasteiger partial charge in [0.05, 0.1) is 31.8 Å². The Morgan fingerprint density at radius 2 is 0.862 bits per heavy atom. The third kappa shape index (κ3) is 6.08. The van der Waals surface area contributed by atoms with Crippen molar-refractivity contribution in [2.24, 2.45) is 0 Å². The molecule has 0 saturated heterocycles. The molecule has 0 amide bonds. The Bertz CT molecular complexity index is 915. The summed E-state index contributed by atoms with van der Waals surface area (Å²) >= 11 is 0. The van der Waals surface area contributed by atoms with Crippen LogP contribution in [0.15, 0.2) is 24.3 Å². The number of hydrogen-bond donors (Lipinski definition) is 0. The van der Waals surface area contributed by atoms with Crippen molar-refractivity contribution in [2.75, 3.05) is 0 Å². The van der Waals surface area contributed by atoms with Crippen LogP contribution in [0.5, 0.6) is 11.5 Å². The molecule has 0 aliphatic heterocycles. The van der Waals surface area contributed by atoms with Gasteiger partial charge in [-0.15, -0.1) is 0 Å². The van der Waals surface area contributed by atoms with Gasteiger partial charge in [-0.1, -0.05) is 0 Å². The van der Waals surface area contributed by atoms with Crippen LogP contribution < -0.4 is 10.2 Å². The van der Waals surface area contributed by atoms with Crippen LogP contribution in [0.1, 0.15) is 11.1 Å². The van der Waals surface area contributed by atoms with Crippen LogP contribution in [0.4, 0.5) is 22.7 Å². The fourth-order valence-corrected chi connectivity index (χ4v) is 1.96. The summed E-state index contributed by atoms with van der Waals surface area (Å²) in [7, 11) is 0. The third-order valence-corrected chi connectivity index (χ3v) is 3.29. The number of benzene rings is 2. The predicted molar refractivity (Wildman–Crippen MR) is 87.9 cm³/mol. The summed E-state index contributed by atoms with van der Waals surface area (Å²) in [5, 5.41) is 63.5. The second kappa shape index (κ2) is 9.91. The minimum atomic E-state index is -0.928. The largest absolute Gasteiger partial charge is 2.00 e. The quantitative estimate of drug-likeness (QED) is 0.367. The molecule has 0 spiro atoms. The maximum absolute atomic E-state index is 11.1. The molecule has 0 heterocycles. The van der Waals surface area contributed by atoms with Gasteiger partial charge in [-0.05, 0) is 36.5 Å². The summed E-state index contributed by atoms with van der Waals surface area (Å²) in [5.74, 6) is -1.58. The Morgan fingerprint density at radius 1 is 0.586 bits per heavy atom. The summed E-state index contributed by atoms with van der Waals surface area (Å²) in [6.07, 6.45) is 0.